The van der Waals surface area contributed by atoms with Crippen molar-refractivity contribution in [2.45, 2.75) is 96.6 Å². The normalized spacial score (nSPS) is 19.8. The first-order valence-electron chi connectivity index (χ1n) is 14.4. The minimum absolute atomic E-state index is 0.00558. The number of fused-ring (bicyclic) bond motifs is 1. The lowest BCUT2D eigenvalue weighted by atomic mass is 10.1. The quantitative estimate of drug-likeness (QED) is 0.349. The average Bonchev–Trinajstić information content (AvgIpc) is 3.61. The molecule has 1 aromatic carbocycles. The molecular weight excluding hydrogens is 566 g/mol. The zero-order valence-electron chi connectivity index (χ0n) is 25.7. The zero-order valence-corrected chi connectivity index (χ0v) is 26.7. The van der Waals surface area contributed by atoms with E-state index < -0.39 is 60.4 Å². The number of pyridine rings is 1. The highest BCUT2D eigenvalue weighted by Crippen LogP contribution is 2.41. The van der Waals surface area contributed by atoms with E-state index in [1.807, 2.05) is 0 Å². The van der Waals surface area contributed by atoms with Crippen molar-refractivity contribution in [3.8, 4) is 5.75 Å². The molecule has 1 amide bonds. The fourth-order valence-electron chi connectivity index (χ4n) is 4.91. The van der Waals surface area contributed by atoms with Gasteiger partial charge in [-0.05, 0) is 64.2 Å². The minimum Gasteiger partial charge on any atom is -0.486 e. The van der Waals surface area contributed by atoms with E-state index in [0.717, 1.165) is 6.07 Å². The van der Waals surface area contributed by atoms with Crippen LogP contribution in [-0.2, 0) is 9.16 Å². The fraction of sp³-hybridized carbons (Fsp3) is 0.633. The van der Waals surface area contributed by atoms with Crippen LogP contribution < -0.4 is 10.2 Å². The van der Waals surface area contributed by atoms with E-state index in [2.05, 4.69) is 33.9 Å². The third-order valence-electron chi connectivity index (χ3n) is 8.37. The molecule has 0 bridgehead atoms. The Bertz CT molecular complexity index is 1440. The molecule has 42 heavy (non-hydrogen) atoms. The van der Waals surface area contributed by atoms with Gasteiger partial charge < -0.3 is 28.5 Å². The summed E-state index contributed by atoms with van der Waals surface area (Å²) in [6.45, 7) is 16.6. The number of carboxylic acid groups (broad SMARTS) is 1. The number of amides is 1. The molecule has 2 fully saturated rings. The third kappa shape index (κ3) is 6.64. The molecule has 9 nitrogen and oxygen atoms in total. The van der Waals surface area contributed by atoms with Gasteiger partial charge in [0.1, 0.15) is 17.8 Å². The lowest BCUT2D eigenvalue weighted by Gasteiger charge is -2.37. The van der Waals surface area contributed by atoms with Crippen molar-refractivity contribution in [3.05, 3.63) is 39.7 Å². The Balaban J connectivity index is 1.66. The largest absolute Gasteiger partial charge is 0.486 e. The molecule has 12 heteroatoms. The molecule has 1 N–H and O–H groups in total. The second kappa shape index (κ2) is 11.3. The van der Waals surface area contributed by atoms with Crippen molar-refractivity contribution in [1.82, 2.24) is 9.47 Å². The summed E-state index contributed by atoms with van der Waals surface area (Å²) in [6.07, 6.45) is 2.50. The lowest BCUT2D eigenvalue weighted by Crippen LogP contribution is -2.43. The summed E-state index contributed by atoms with van der Waals surface area (Å²) >= 11 is 0. The number of ether oxygens (including phenoxy) is 2. The molecule has 1 aromatic heterocycles. The van der Waals surface area contributed by atoms with Gasteiger partial charge in [-0.3, -0.25) is 4.79 Å². The number of aromatic nitrogens is 1. The highest BCUT2D eigenvalue weighted by atomic mass is 28.4. The second-order valence-corrected chi connectivity index (χ2v) is 18.8. The van der Waals surface area contributed by atoms with E-state index in [0.29, 0.717) is 32.4 Å². The molecular formula is C30H42F2N2O7Si. The molecule has 2 atom stereocenters. The second-order valence-electron chi connectivity index (χ2n) is 14.0. The predicted octanol–water partition coefficient (Wildman–Crippen LogP) is 6.34. The first-order chi connectivity index (χ1) is 19.3. The highest BCUT2D eigenvalue weighted by molar-refractivity contribution is 6.74. The van der Waals surface area contributed by atoms with E-state index >= 15 is 4.39 Å². The van der Waals surface area contributed by atoms with Crippen LogP contribution in [-0.4, -0.2) is 66.4 Å². The van der Waals surface area contributed by atoms with Crippen LogP contribution in [0.5, 0.6) is 5.75 Å². The standard InChI is InChI=1S/C30H42F2N2O7Si/c1-29(2,3)41-28(38)34-13-17(15-40-42(7,8)30(4,5)6)11-19(34)16-39-26-23(32)22(31)12-20-24(26)33(18-9-10-18)14-21(25(20)35)27(36)37/h12,14,17-19H,9-11,13,15-16H2,1-8H3,(H,36,37)/t17?,19-/m0/s1. The Morgan fingerprint density at radius 2 is 1.74 bits per heavy atom. The highest BCUT2D eigenvalue weighted by Gasteiger charge is 2.42. The van der Waals surface area contributed by atoms with Crippen LogP contribution in [0.3, 0.4) is 0 Å². The molecule has 0 radical (unpaired) electrons. The molecule has 1 saturated heterocycles. The molecule has 232 valence electrons. The van der Waals surface area contributed by atoms with Gasteiger partial charge >= 0.3 is 12.1 Å². The number of hydrogen-bond acceptors (Lipinski definition) is 6. The Hall–Kier alpha value is -2.99. The van der Waals surface area contributed by atoms with Crippen LogP contribution in [0.2, 0.25) is 18.1 Å². The maximum Gasteiger partial charge on any atom is 0.410 e. The third-order valence-corrected chi connectivity index (χ3v) is 12.9. The summed E-state index contributed by atoms with van der Waals surface area (Å²) in [5, 5.41) is 9.28. The summed E-state index contributed by atoms with van der Waals surface area (Å²) in [5.41, 5.74) is -2.18. The number of likely N-dealkylation sites (tertiary alicyclic amines) is 1. The van der Waals surface area contributed by atoms with Gasteiger partial charge in [-0.25, -0.2) is 14.0 Å². The summed E-state index contributed by atoms with van der Waals surface area (Å²) < 4.78 is 49.6. The first kappa shape index (κ1) is 31.9. The zero-order chi connectivity index (χ0) is 31.4. The fourth-order valence-corrected chi connectivity index (χ4v) is 6.00. The number of rotatable bonds is 8. The number of aromatic carboxylic acids is 1. The maximum absolute atomic E-state index is 15.3. The molecule has 1 aliphatic carbocycles. The molecule has 2 heterocycles. The molecule has 2 aliphatic rings. The lowest BCUT2D eigenvalue weighted by molar-refractivity contribution is 0.0180. The number of halogens is 2. The van der Waals surface area contributed by atoms with Gasteiger partial charge in [-0.15, -0.1) is 0 Å². The topological polar surface area (TPSA) is 107 Å². The molecule has 1 saturated carbocycles. The van der Waals surface area contributed by atoms with Gasteiger partial charge in [0, 0.05) is 31.3 Å². The SMILES string of the molecule is CC(C)(C)OC(=O)N1CC(CO[Si](C)(C)C(C)(C)C)C[C@H]1COc1c(F)c(F)cc2c(=O)c(C(=O)O)cn(C3CC3)c12. The van der Waals surface area contributed by atoms with Gasteiger partial charge in [0.05, 0.1) is 16.9 Å². The van der Waals surface area contributed by atoms with E-state index in [1.54, 1.807) is 25.7 Å². The first-order valence-corrected chi connectivity index (χ1v) is 17.3. The van der Waals surface area contributed by atoms with Gasteiger partial charge in [0.2, 0.25) is 11.2 Å². The van der Waals surface area contributed by atoms with Crippen LogP contribution in [0.4, 0.5) is 13.6 Å². The van der Waals surface area contributed by atoms with Crippen molar-refractivity contribution in [1.29, 1.82) is 0 Å². The van der Waals surface area contributed by atoms with Crippen LogP contribution >= 0.6 is 0 Å². The molecule has 1 aliphatic heterocycles. The van der Waals surface area contributed by atoms with Gasteiger partial charge in [0.15, 0.2) is 19.9 Å². The average molecular weight is 609 g/mol. The van der Waals surface area contributed by atoms with Crippen molar-refractivity contribution >= 4 is 31.3 Å². The number of carbonyl (C=O) groups excluding carboxylic acids is 1. The number of carboxylic acids is 1. The van der Waals surface area contributed by atoms with E-state index in [4.69, 9.17) is 13.9 Å². The summed E-state index contributed by atoms with van der Waals surface area (Å²) in [6, 6.07) is 0.0205. The predicted molar refractivity (Wildman–Crippen MR) is 157 cm³/mol. The molecule has 0 spiro atoms. The Kier molecular flexibility index (Phi) is 8.56. The van der Waals surface area contributed by atoms with Crippen LogP contribution in [0, 0.1) is 17.6 Å². The van der Waals surface area contributed by atoms with Crippen molar-refractivity contribution < 1.29 is 37.4 Å². The summed E-state index contributed by atoms with van der Waals surface area (Å²) in [4.78, 5) is 39.4. The molecule has 4 rings (SSSR count). The van der Waals surface area contributed by atoms with Gasteiger partial charge in [0.25, 0.3) is 0 Å². The minimum atomic E-state index is -2.06. The summed E-state index contributed by atoms with van der Waals surface area (Å²) in [7, 11) is -2.06. The van der Waals surface area contributed by atoms with E-state index in [9.17, 15) is 23.9 Å². The van der Waals surface area contributed by atoms with E-state index in [1.165, 1.54) is 10.8 Å². The van der Waals surface area contributed by atoms with Crippen molar-refractivity contribution in [3.63, 3.8) is 0 Å². The van der Waals surface area contributed by atoms with Gasteiger partial charge in [-0.1, -0.05) is 20.8 Å². The monoisotopic (exact) mass is 608 g/mol. The van der Waals surface area contributed by atoms with Crippen LogP contribution in [0.25, 0.3) is 10.9 Å². The Morgan fingerprint density at radius 3 is 2.29 bits per heavy atom. The Morgan fingerprint density at radius 1 is 1.10 bits per heavy atom. The van der Waals surface area contributed by atoms with Crippen molar-refractivity contribution in [2.75, 3.05) is 19.8 Å². The number of hydrogen-bond donors (Lipinski definition) is 1. The summed E-state index contributed by atoms with van der Waals surface area (Å²) in [5.74, 6) is -4.56. The smallest absolute Gasteiger partial charge is 0.410 e. The van der Waals surface area contributed by atoms with Crippen LogP contribution in [0.1, 0.15) is 77.2 Å². The van der Waals surface area contributed by atoms with Crippen LogP contribution in [0.15, 0.2) is 17.1 Å². The number of carbonyl (C=O) groups is 2. The molecule has 1 unspecified atom stereocenters. The number of nitrogens with zero attached hydrogens (tertiary/aromatic N) is 2. The molecule has 2 aromatic rings. The number of benzene rings is 1. The van der Waals surface area contributed by atoms with Gasteiger partial charge in [-0.2, -0.15) is 4.39 Å². The maximum atomic E-state index is 15.3. The Labute approximate surface area is 245 Å². The van der Waals surface area contributed by atoms with Crippen molar-refractivity contribution in [2.24, 2.45) is 5.92 Å². The van der Waals surface area contributed by atoms with E-state index in [-0.39, 0.29) is 34.5 Å².